The van der Waals surface area contributed by atoms with Gasteiger partial charge in [0.2, 0.25) is 0 Å². The quantitative estimate of drug-likeness (QED) is 0.561. The van der Waals surface area contributed by atoms with E-state index in [1.54, 1.807) is 0 Å². The fourth-order valence-electron chi connectivity index (χ4n) is 2.24. The summed E-state index contributed by atoms with van der Waals surface area (Å²) in [4.78, 5) is 24.5. The number of aryl methyl sites for hydroxylation is 2. The van der Waals surface area contributed by atoms with Gasteiger partial charge >= 0.3 is 5.97 Å². The van der Waals surface area contributed by atoms with Crippen molar-refractivity contribution >= 4 is 39.6 Å². The van der Waals surface area contributed by atoms with Crippen LogP contribution in [0.2, 0.25) is 0 Å². The van der Waals surface area contributed by atoms with Crippen LogP contribution >= 0.6 is 27.7 Å². The van der Waals surface area contributed by atoms with Crippen LogP contribution in [0.1, 0.15) is 30.9 Å². The number of hydrogen-bond donors (Lipinski definition) is 1. The van der Waals surface area contributed by atoms with Gasteiger partial charge in [0.1, 0.15) is 0 Å². The van der Waals surface area contributed by atoms with E-state index >= 15 is 0 Å². The molecule has 0 aliphatic heterocycles. The van der Waals surface area contributed by atoms with Crippen molar-refractivity contribution in [1.82, 2.24) is 5.32 Å². The molecule has 6 heteroatoms. The van der Waals surface area contributed by atoms with Crippen molar-refractivity contribution in [3.05, 3.63) is 27.7 Å². The van der Waals surface area contributed by atoms with Crippen LogP contribution in [0.3, 0.4) is 0 Å². The van der Waals surface area contributed by atoms with Crippen LogP contribution in [0.25, 0.3) is 0 Å². The molecule has 2 rings (SSSR count). The molecule has 1 N–H and O–H groups in total. The Morgan fingerprint density at radius 3 is 2.70 bits per heavy atom. The molecule has 1 saturated carbocycles. The first-order chi connectivity index (χ1) is 10.9. The van der Waals surface area contributed by atoms with E-state index in [0.717, 1.165) is 20.5 Å². The zero-order chi connectivity index (χ0) is 17.0. The molecule has 1 aliphatic rings. The Morgan fingerprint density at radius 1 is 1.35 bits per heavy atom. The van der Waals surface area contributed by atoms with Gasteiger partial charge in [0, 0.05) is 15.4 Å². The summed E-state index contributed by atoms with van der Waals surface area (Å²) < 4.78 is 6.10. The number of thioether (sulfide) groups is 1. The van der Waals surface area contributed by atoms with Crippen LogP contribution in [-0.2, 0) is 14.3 Å². The average Bonchev–Trinajstić information content (AvgIpc) is 3.32. The lowest BCUT2D eigenvalue weighted by molar-refractivity contribution is -0.146. The molecule has 4 nitrogen and oxygen atoms in total. The van der Waals surface area contributed by atoms with Crippen LogP contribution in [-0.4, -0.2) is 30.3 Å². The van der Waals surface area contributed by atoms with Crippen molar-refractivity contribution in [3.8, 4) is 0 Å². The summed E-state index contributed by atoms with van der Waals surface area (Å²) in [5.41, 5.74) is 2.23. The summed E-state index contributed by atoms with van der Waals surface area (Å²) in [6, 6.07) is 4.25. The highest BCUT2D eigenvalue weighted by Gasteiger charge is 2.28. The molecule has 1 aromatic carbocycles. The molecule has 0 radical (unpaired) electrons. The molecule has 0 saturated heterocycles. The summed E-state index contributed by atoms with van der Waals surface area (Å²) in [5, 5.41) is 2.87. The molecule has 1 amide bonds. The topological polar surface area (TPSA) is 55.4 Å². The maximum Gasteiger partial charge on any atom is 0.316 e. The Morgan fingerprint density at radius 2 is 2.04 bits per heavy atom. The normalized spacial score (nSPS) is 15.1. The molecule has 0 heterocycles. The van der Waals surface area contributed by atoms with Crippen LogP contribution in [0, 0.1) is 19.8 Å². The highest BCUT2D eigenvalue weighted by Crippen LogP contribution is 2.32. The summed E-state index contributed by atoms with van der Waals surface area (Å²) in [7, 11) is 0. The number of carbonyl (C=O) groups is 2. The van der Waals surface area contributed by atoms with Gasteiger partial charge in [0.05, 0.1) is 5.75 Å². The van der Waals surface area contributed by atoms with E-state index in [4.69, 9.17) is 4.74 Å². The maximum atomic E-state index is 11.8. The largest absolute Gasteiger partial charge is 0.455 e. The second-order valence-electron chi connectivity index (χ2n) is 6.01. The van der Waals surface area contributed by atoms with Crippen molar-refractivity contribution < 1.29 is 14.3 Å². The molecule has 126 valence electrons. The van der Waals surface area contributed by atoms with E-state index in [0.29, 0.717) is 5.92 Å². The van der Waals surface area contributed by atoms with Gasteiger partial charge < -0.3 is 10.1 Å². The zero-order valence-corrected chi connectivity index (χ0v) is 16.1. The van der Waals surface area contributed by atoms with Gasteiger partial charge in [-0.15, -0.1) is 11.8 Å². The number of ether oxygens (including phenoxy) is 1. The lowest BCUT2D eigenvalue weighted by Crippen LogP contribution is -2.37. The standard InChI is InChI=1S/C17H22BrNO3S/c1-10-7-15(11(2)6-14(10)18)23-9-17(21)22-8-16(20)19-12(3)13-4-5-13/h6-7,12-13H,4-5,8-9H2,1-3H3,(H,19,20)/t12-/m0/s1. The average molecular weight is 400 g/mol. The molecule has 1 fully saturated rings. The number of hydrogen-bond acceptors (Lipinski definition) is 4. The summed E-state index contributed by atoms with van der Waals surface area (Å²) >= 11 is 4.92. The Kier molecular flexibility index (Phi) is 6.53. The van der Waals surface area contributed by atoms with Crippen LogP contribution < -0.4 is 5.32 Å². The minimum absolute atomic E-state index is 0.170. The number of benzene rings is 1. The van der Waals surface area contributed by atoms with Gasteiger partial charge in [-0.05, 0) is 62.8 Å². The van der Waals surface area contributed by atoms with Crippen LogP contribution in [0.15, 0.2) is 21.5 Å². The third-order valence-corrected chi connectivity index (χ3v) is 5.87. The number of esters is 1. The van der Waals surface area contributed by atoms with Crippen LogP contribution in [0.4, 0.5) is 0 Å². The fraction of sp³-hybridized carbons (Fsp3) is 0.529. The maximum absolute atomic E-state index is 11.8. The third kappa shape index (κ3) is 5.84. The Bertz CT molecular complexity index is 602. The van der Waals surface area contributed by atoms with E-state index in [1.807, 2.05) is 32.9 Å². The predicted molar refractivity (Wildman–Crippen MR) is 95.6 cm³/mol. The summed E-state index contributed by atoms with van der Waals surface area (Å²) in [6.07, 6.45) is 2.34. The first-order valence-electron chi connectivity index (χ1n) is 7.71. The van der Waals surface area contributed by atoms with Crippen molar-refractivity contribution in [2.45, 2.75) is 44.6 Å². The SMILES string of the molecule is Cc1cc(SCC(=O)OCC(=O)N[C@@H](C)C2CC2)c(C)cc1Br. The predicted octanol–water partition coefficient (Wildman–Crippen LogP) is 3.62. The molecule has 0 spiro atoms. The third-order valence-electron chi connectivity index (χ3n) is 3.88. The molecular formula is C17H22BrNO3S. The molecular weight excluding hydrogens is 378 g/mol. The number of halogens is 1. The Balaban J connectivity index is 1.72. The second-order valence-corrected chi connectivity index (χ2v) is 7.88. The molecule has 0 aromatic heterocycles. The molecule has 1 aromatic rings. The summed E-state index contributed by atoms with van der Waals surface area (Å²) in [5.74, 6) is 0.198. The van der Waals surface area contributed by atoms with Crippen molar-refractivity contribution in [3.63, 3.8) is 0 Å². The van der Waals surface area contributed by atoms with E-state index < -0.39 is 0 Å². The van der Waals surface area contributed by atoms with Gasteiger partial charge in [-0.3, -0.25) is 9.59 Å². The second kappa shape index (κ2) is 8.20. The minimum atomic E-state index is -0.371. The van der Waals surface area contributed by atoms with Gasteiger partial charge in [0.15, 0.2) is 6.61 Å². The van der Waals surface area contributed by atoms with Crippen molar-refractivity contribution in [2.75, 3.05) is 12.4 Å². The fourth-order valence-corrected chi connectivity index (χ4v) is 3.61. The summed E-state index contributed by atoms with van der Waals surface area (Å²) in [6.45, 7) is 5.81. The smallest absolute Gasteiger partial charge is 0.316 e. The number of rotatable bonds is 7. The van der Waals surface area contributed by atoms with Crippen LogP contribution in [0.5, 0.6) is 0 Å². The highest BCUT2D eigenvalue weighted by molar-refractivity contribution is 9.10. The molecule has 1 atom stereocenters. The lowest BCUT2D eigenvalue weighted by Gasteiger charge is -2.13. The van der Waals surface area contributed by atoms with Gasteiger partial charge in [-0.1, -0.05) is 15.9 Å². The van der Waals surface area contributed by atoms with Crippen molar-refractivity contribution in [1.29, 1.82) is 0 Å². The van der Waals surface area contributed by atoms with Gasteiger partial charge in [-0.2, -0.15) is 0 Å². The first kappa shape index (κ1) is 18.3. The number of carbonyl (C=O) groups excluding carboxylic acids is 2. The van der Waals surface area contributed by atoms with E-state index in [1.165, 1.54) is 24.6 Å². The Labute approximate surface area is 149 Å². The van der Waals surface area contributed by atoms with Gasteiger partial charge in [0.25, 0.3) is 5.91 Å². The molecule has 23 heavy (non-hydrogen) atoms. The Hall–Kier alpha value is -1.01. The van der Waals surface area contributed by atoms with Gasteiger partial charge in [-0.25, -0.2) is 0 Å². The highest BCUT2D eigenvalue weighted by atomic mass is 79.9. The zero-order valence-electron chi connectivity index (χ0n) is 13.6. The molecule has 0 unspecified atom stereocenters. The minimum Gasteiger partial charge on any atom is -0.455 e. The van der Waals surface area contributed by atoms with Crippen molar-refractivity contribution in [2.24, 2.45) is 5.92 Å². The van der Waals surface area contributed by atoms with E-state index in [-0.39, 0.29) is 30.3 Å². The lowest BCUT2D eigenvalue weighted by atomic mass is 10.2. The monoisotopic (exact) mass is 399 g/mol. The molecule has 0 bridgehead atoms. The van der Waals surface area contributed by atoms with E-state index in [2.05, 4.69) is 21.2 Å². The molecule has 1 aliphatic carbocycles. The number of nitrogens with one attached hydrogen (secondary N) is 1. The number of amides is 1. The first-order valence-corrected chi connectivity index (χ1v) is 9.49. The van der Waals surface area contributed by atoms with E-state index in [9.17, 15) is 9.59 Å².